The van der Waals surface area contributed by atoms with Crippen LogP contribution in [0.2, 0.25) is 0 Å². The van der Waals surface area contributed by atoms with Crippen LogP contribution in [0.1, 0.15) is 13.8 Å². The van der Waals surface area contributed by atoms with Gasteiger partial charge in [0, 0.05) is 4.75 Å². The molecule has 0 aliphatic carbocycles. The zero-order chi connectivity index (χ0) is 7.12. The summed E-state index contributed by atoms with van der Waals surface area (Å²) in [6.07, 6.45) is 0. The Labute approximate surface area is 65.4 Å². The third-order valence-electron chi connectivity index (χ3n) is 1.06. The van der Waals surface area contributed by atoms with Crippen LogP contribution in [-0.4, -0.2) is 18.0 Å². The standard InChI is InChI=1S/C5H11OPS2/c1-5(2)4-6-7(3,8)9-5/h4H2,1-3H3. The van der Waals surface area contributed by atoms with Crippen LogP contribution in [0, 0.1) is 0 Å². The van der Waals surface area contributed by atoms with E-state index in [2.05, 4.69) is 13.8 Å². The molecule has 1 rings (SSSR count). The Kier molecular flexibility index (Phi) is 2.00. The molecule has 9 heavy (non-hydrogen) atoms. The maximum absolute atomic E-state index is 5.44. The maximum atomic E-state index is 5.44. The first kappa shape index (κ1) is 8.06. The smallest absolute Gasteiger partial charge is 0.117 e. The average molecular weight is 182 g/mol. The van der Waals surface area contributed by atoms with E-state index in [0.29, 0.717) is 0 Å². The Morgan fingerprint density at radius 2 is 2.22 bits per heavy atom. The average Bonchev–Trinajstić information content (AvgIpc) is 1.78. The van der Waals surface area contributed by atoms with Gasteiger partial charge in [0.05, 0.1) is 6.61 Å². The molecule has 0 saturated carbocycles. The minimum Gasteiger partial charge on any atom is -0.340 e. The molecule has 1 aliphatic heterocycles. The first-order chi connectivity index (χ1) is 3.91. The maximum Gasteiger partial charge on any atom is 0.117 e. The molecule has 1 nitrogen and oxygen atoms in total. The van der Waals surface area contributed by atoms with Crippen LogP contribution in [0.4, 0.5) is 0 Å². The highest BCUT2D eigenvalue weighted by atomic mass is 32.9. The quantitative estimate of drug-likeness (QED) is 0.533. The van der Waals surface area contributed by atoms with E-state index in [9.17, 15) is 0 Å². The topological polar surface area (TPSA) is 9.23 Å². The second kappa shape index (κ2) is 2.23. The van der Waals surface area contributed by atoms with Gasteiger partial charge in [-0.3, -0.25) is 0 Å². The van der Waals surface area contributed by atoms with Gasteiger partial charge in [0.25, 0.3) is 0 Å². The SMILES string of the molecule is CC1(C)COP(C)(=S)S1. The second-order valence-corrected chi connectivity index (χ2v) is 11.4. The van der Waals surface area contributed by atoms with Crippen LogP contribution in [0.15, 0.2) is 0 Å². The molecule has 0 N–H and O–H groups in total. The zero-order valence-corrected chi connectivity index (χ0v) is 8.41. The van der Waals surface area contributed by atoms with Crippen LogP contribution >= 0.6 is 16.8 Å². The summed E-state index contributed by atoms with van der Waals surface area (Å²) in [5.41, 5.74) is -1.41. The van der Waals surface area contributed by atoms with E-state index < -0.39 is 5.47 Å². The van der Waals surface area contributed by atoms with Crippen molar-refractivity contribution in [2.24, 2.45) is 0 Å². The molecule has 1 aliphatic rings. The molecule has 1 saturated heterocycles. The van der Waals surface area contributed by atoms with Gasteiger partial charge in [0.2, 0.25) is 0 Å². The van der Waals surface area contributed by atoms with Gasteiger partial charge in [-0.2, -0.15) is 0 Å². The van der Waals surface area contributed by atoms with Gasteiger partial charge in [-0.05, 0) is 20.5 Å². The Bertz CT molecular complexity index is 166. The molecular weight excluding hydrogens is 171 g/mol. The Morgan fingerprint density at radius 3 is 2.33 bits per heavy atom. The van der Waals surface area contributed by atoms with E-state index in [4.69, 9.17) is 16.3 Å². The van der Waals surface area contributed by atoms with E-state index >= 15 is 0 Å². The lowest BCUT2D eigenvalue weighted by atomic mass is 10.2. The third-order valence-corrected chi connectivity index (χ3v) is 6.38. The zero-order valence-electron chi connectivity index (χ0n) is 5.88. The molecule has 0 aromatic carbocycles. The molecule has 0 bridgehead atoms. The summed E-state index contributed by atoms with van der Waals surface area (Å²) < 4.78 is 5.71. The largest absolute Gasteiger partial charge is 0.340 e. The van der Waals surface area contributed by atoms with Crippen molar-refractivity contribution in [1.29, 1.82) is 0 Å². The number of hydrogen-bond acceptors (Lipinski definition) is 3. The molecule has 0 spiro atoms. The Balaban J connectivity index is 2.69. The van der Waals surface area contributed by atoms with E-state index in [1.54, 1.807) is 0 Å². The predicted octanol–water partition coefficient (Wildman–Crippen LogP) is 2.47. The number of hydrogen-bond donors (Lipinski definition) is 0. The van der Waals surface area contributed by atoms with E-state index in [-0.39, 0.29) is 4.75 Å². The fourth-order valence-corrected chi connectivity index (χ4v) is 7.62. The summed E-state index contributed by atoms with van der Waals surface area (Å²) in [5.74, 6) is 0. The van der Waals surface area contributed by atoms with Crippen LogP contribution in [0.5, 0.6) is 0 Å². The molecule has 0 radical (unpaired) electrons. The molecule has 1 fully saturated rings. The normalized spacial score (nSPS) is 41.2. The van der Waals surface area contributed by atoms with Crippen molar-refractivity contribution in [2.75, 3.05) is 13.3 Å². The van der Waals surface area contributed by atoms with Gasteiger partial charge in [-0.1, -0.05) is 23.2 Å². The summed E-state index contributed by atoms with van der Waals surface area (Å²) in [6, 6.07) is 0. The summed E-state index contributed by atoms with van der Waals surface area (Å²) in [6.45, 7) is 7.22. The Hall–Kier alpha value is 0.960. The highest BCUT2D eigenvalue weighted by Crippen LogP contribution is 2.67. The van der Waals surface area contributed by atoms with Gasteiger partial charge in [-0.15, -0.1) is 0 Å². The molecular formula is C5H11OPS2. The van der Waals surface area contributed by atoms with Crippen molar-refractivity contribution >= 4 is 28.7 Å². The molecule has 1 heterocycles. The fraction of sp³-hybridized carbons (Fsp3) is 1.00. The first-order valence-corrected chi connectivity index (χ1v) is 7.43. The first-order valence-electron chi connectivity index (χ1n) is 2.84. The van der Waals surface area contributed by atoms with Crippen LogP contribution in [0.3, 0.4) is 0 Å². The van der Waals surface area contributed by atoms with Crippen molar-refractivity contribution in [3.05, 3.63) is 0 Å². The molecule has 4 heteroatoms. The number of rotatable bonds is 0. The lowest BCUT2D eigenvalue weighted by molar-refractivity contribution is 0.337. The Morgan fingerprint density at radius 1 is 1.67 bits per heavy atom. The third kappa shape index (κ3) is 2.23. The van der Waals surface area contributed by atoms with Crippen molar-refractivity contribution in [3.8, 4) is 0 Å². The van der Waals surface area contributed by atoms with Gasteiger partial charge in [0.1, 0.15) is 5.47 Å². The highest BCUT2D eigenvalue weighted by molar-refractivity contribution is 8.70. The summed E-state index contributed by atoms with van der Waals surface area (Å²) in [4.78, 5) is 0. The summed E-state index contributed by atoms with van der Waals surface area (Å²) in [7, 11) is 0. The van der Waals surface area contributed by atoms with E-state index in [1.165, 1.54) is 0 Å². The monoisotopic (exact) mass is 182 g/mol. The predicted molar refractivity (Wildman–Crippen MR) is 47.8 cm³/mol. The fourth-order valence-electron chi connectivity index (χ4n) is 0.774. The van der Waals surface area contributed by atoms with Crippen molar-refractivity contribution in [1.82, 2.24) is 0 Å². The summed E-state index contributed by atoms with van der Waals surface area (Å²) in [5, 5.41) is 0. The molecule has 54 valence electrons. The van der Waals surface area contributed by atoms with Gasteiger partial charge < -0.3 is 4.52 Å². The van der Waals surface area contributed by atoms with Crippen LogP contribution in [0.25, 0.3) is 0 Å². The minimum absolute atomic E-state index is 0.268. The molecule has 1 atom stereocenters. The van der Waals surface area contributed by atoms with Crippen molar-refractivity contribution in [2.45, 2.75) is 18.6 Å². The van der Waals surface area contributed by atoms with Crippen LogP contribution < -0.4 is 0 Å². The molecule has 0 aromatic rings. The lowest BCUT2D eigenvalue weighted by Crippen LogP contribution is -2.13. The molecule has 0 aromatic heterocycles. The highest BCUT2D eigenvalue weighted by Gasteiger charge is 2.34. The van der Waals surface area contributed by atoms with Gasteiger partial charge in [0.15, 0.2) is 0 Å². The second-order valence-electron chi connectivity index (χ2n) is 2.90. The van der Waals surface area contributed by atoms with Gasteiger partial charge >= 0.3 is 0 Å². The van der Waals surface area contributed by atoms with Gasteiger partial charge in [-0.25, -0.2) is 0 Å². The molecule has 1 unspecified atom stereocenters. The van der Waals surface area contributed by atoms with Crippen molar-refractivity contribution in [3.63, 3.8) is 0 Å². The minimum atomic E-state index is -1.41. The lowest BCUT2D eigenvalue weighted by Gasteiger charge is -2.11. The van der Waals surface area contributed by atoms with E-state index in [1.807, 2.05) is 18.0 Å². The molecule has 0 amide bonds. The van der Waals surface area contributed by atoms with Crippen molar-refractivity contribution < 1.29 is 4.52 Å². The summed E-state index contributed by atoms with van der Waals surface area (Å²) >= 11 is 7.04. The van der Waals surface area contributed by atoms with Crippen LogP contribution in [-0.2, 0) is 16.3 Å². The van der Waals surface area contributed by atoms with E-state index in [0.717, 1.165) is 6.61 Å².